The molecule has 1 aromatic carbocycles. The van der Waals surface area contributed by atoms with Gasteiger partial charge >= 0.3 is 12.3 Å². The Morgan fingerprint density at radius 3 is 2.54 bits per heavy atom. The molecule has 0 aliphatic carbocycles. The zero-order chi connectivity index (χ0) is 26.3. The maximum Gasteiger partial charge on any atom is 0.416 e. The molecule has 37 heavy (non-hydrogen) atoms. The van der Waals surface area contributed by atoms with E-state index in [-0.39, 0.29) is 29.8 Å². The number of fused-ring (bicyclic) bond motifs is 1. The van der Waals surface area contributed by atoms with Gasteiger partial charge in [-0.25, -0.2) is 24.4 Å². The summed E-state index contributed by atoms with van der Waals surface area (Å²) in [5.41, 5.74) is 6.88. The van der Waals surface area contributed by atoms with E-state index < -0.39 is 23.7 Å². The maximum absolute atomic E-state index is 12.9. The smallest absolute Gasteiger partial charge is 0.416 e. The van der Waals surface area contributed by atoms with Gasteiger partial charge in [0, 0.05) is 30.4 Å². The van der Waals surface area contributed by atoms with Crippen LogP contribution in [-0.4, -0.2) is 59.8 Å². The van der Waals surface area contributed by atoms with Gasteiger partial charge in [-0.1, -0.05) is 12.1 Å². The number of likely N-dealkylation sites (tertiary alicyclic amines) is 1. The monoisotopic (exact) mass is 512 g/mol. The second-order valence-electron chi connectivity index (χ2n) is 8.38. The van der Waals surface area contributed by atoms with Gasteiger partial charge in [-0.2, -0.15) is 18.3 Å². The largest absolute Gasteiger partial charge is 0.465 e. The van der Waals surface area contributed by atoms with Crippen molar-refractivity contribution in [3.63, 3.8) is 0 Å². The van der Waals surface area contributed by atoms with Gasteiger partial charge in [-0.3, -0.25) is 4.79 Å². The van der Waals surface area contributed by atoms with Crippen LogP contribution in [0.15, 0.2) is 48.9 Å². The fourth-order valence-corrected chi connectivity index (χ4v) is 4.21. The van der Waals surface area contributed by atoms with Crippen LogP contribution in [0.2, 0.25) is 0 Å². The van der Waals surface area contributed by atoms with E-state index >= 15 is 0 Å². The number of carbonyl (C=O) groups excluding carboxylic acids is 1. The number of nitrogens with one attached hydrogen (secondary N) is 1. The van der Waals surface area contributed by atoms with Crippen LogP contribution in [0, 0.1) is 0 Å². The summed E-state index contributed by atoms with van der Waals surface area (Å²) >= 11 is 0. The first-order valence-electron chi connectivity index (χ1n) is 11.0. The van der Waals surface area contributed by atoms with Gasteiger partial charge in [0.1, 0.15) is 23.7 Å². The highest BCUT2D eigenvalue weighted by atomic mass is 19.4. The van der Waals surface area contributed by atoms with Gasteiger partial charge < -0.3 is 21.1 Å². The van der Waals surface area contributed by atoms with Gasteiger partial charge in [0.05, 0.1) is 17.0 Å². The number of rotatable bonds is 4. The highest BCUT2D eigenvalue weighted by Crippen LogP contribution is 2.34. The Morgan fingerprint density at radius 2 is 1.86 bits per heavy atom. The summed E-state index contributed by atoms with van der Waals surface area (Å²) in [6.07, 6.45) is -2.75. The number of anilines is 2. The van der Waals surface area contributed by atoms with E-state index in [1.54, 1.807) is 16.8 Å². The van der Waals surface area contributed by atoms with Gasteiger partial charge in [-0.15, -0.1) is 0 Å². The lowest BCUT2D eigenvalue weighted by Gasteiger charge is -2.13. The van der Waals surface area contributed by atoms with E-state index in [4.69, 9.17) is 5.73 Å². The number of alkyl halides is 3. The Hall–Kier alpha value is -4.75. The number of hydrogen-bond donors (Lipinski definition) is 3. The minimum absolute atomic E-state index is 0.184. The van der Waals surface area contributed by atoms with Crippen LogP contribution in [-0.2, 0) is 6.18 Å². The molecule has 14 heteroatoms. The lowest BCUT2D eigenvalue weighted by atomic mass is 10.1. The summed E-state index contributed by atoms with van der Waals surface area (Å²) in [6.45, 7) is 0.611. The van der Waals surface area contributed by atoms with Gasteiger partial charge in [0.25, 0.3) is 5.91 Å². The van der Waals surface area contributed by atoms with Crippen molar-refractivity contribution in [1.29, 1.82) is 0 Å². The van der Waals surface area contributed by atoms with Crippen molar-refractivity contribution in [2.45, 2.75) is 18.6 Å². The number of aromatic nitrogens is 5. The molecule has 4 N–H and O–H groups in total. The quantitative estimate of drug-likeness (QED) is 0.375. The molecule has 190 valence electrons. The fourth-order valence-electron chi connectivity index (χ4n) is 4.21. The summed E-state index contributed by atoms with van der Waals surface area (Å²) in [5.74, 6) is -0.682. The number of nitrogen functional groups attached to an aromatic ring is 1. The average molecular weight is 512 g/mol. The van der Waals surface area contributed by atoms with Crippen molar-refractivity contribution < 1.29 is 27.9 Å². The minimum atomic E-state index is -4.56. The molecule has 1 saturated heterocycles. The highest BCUT2D eigenvalue weighted by Gasteiger charge is 2.32. The van der Waals surface area contributed by atoms with E-state index in [9.17, 15) is 27.9 Å². The Bertz CT molecular complexity index is 1500. The summed E-state index contributed by atoms with van der Waals surface area (Å²) in [7, 11) is 0. The van der Waals surface area contributed by atoms with Crippen LogP contribution in [0.5, 0.6) is 0 Å². The van der Waals surface area contributed by atoms with Gasteiger partial charge in [0.15, 0.2) is 5.65 Å². The Balaban J connectivity index is 1.43. The molecule has 0 radical (unpaired) electrons. The molecule has 4 heterocycles. The molecular formula is C23H19F3N8O3. The van der Waals surface area contributed by atoms with Crippen LogP contribution in [0.3, 0.4) is 0 Å². The second kappa shape index (κ2) is 9.04. The third-order valence-corrected chi connectivity index (χ3v) is 6.05. The number of halogens is 3. The van der Waals surface area contributed by atoms with Crippen molar-refractivity contribution in [2.75, 3.05) is 24.1 Å². The molecule has 5 rings (SSSR count). The molecule has 2 amide bonds. The molecule has 11 nitrogen and oxygen atoms in total. The van der Waals surface area contributed by atoms with E-state index in [2.05, 4.69) is 25.4 Å². The molecular weight excluding hydrogens is 493 g/mol. The third-order valence-electron chi connectivity index (χ3n) is 6.05. The first-order chi connectivity index (χ1) is 17.6. The number of hydrogen-bond acceptors (Lipinski definition) is 7. The number of carboxylic acid groups (broad SMARTS) is 1. The van der Waals surface area contributed by atoms with Crippen LogP contribution < -0.4 is 11.1 Å². The maximum atomic E-state index is 12.9. The zero-order valence-electron chi connectivity index (χ0n) is 19.0. The van der Waals surface area contributed by atoms with Crippen molar-refractivity contribution in [2.24, 2.45) is 0 Å². The fraction of sp³-hybridized carbons (Fsp3) is 0.217. The average Bonchev–Trinajstić information content (AvgIpc) is 3.50. The highest BCUT2D eigenvalue weighted by molar-refractivity contribution is 6.04. The molecule has 1 unspecified atom stereocenters. The molecule has 0 bridgehead atoms. The van der Waals surface area contributed by atoms with Crippen LogP contribution in [0.25, 0.3) is 22.3 Å². The first kappa shape index (κ1) is 24.0. The van der Waals surface area contributed by atoms with Crippen molar-refractivity contribution >= 4 is 34.7 Å². The molecule has 4 aromatic rings. The van der Waals surface area contributed by atoms with E-state index in [0.717, 1.165) is 18.3 Å². The number of nitrogens with two attached hydrogens (primary N) is 1. The zero-order valence-corrected chi connectivity index (χ0v) is 19.0. The van der Waals surface area contributed by atoms with E-state index in [0.29, 0.717) is 35.3 Å². The molecule has 0 spiro atoms. The molecule has 1 atom stereocenters. The third kappa shape index (κ3) is 4.60. The van der Waals surface area contributed by atoms with Crippen molar-refractivity contribution in [3.05, 3.63) is 60.0 Å². The van der Waals surface area contributed by atoms with Crippen molar-refractivity contribution in [1.82, 2.24) is 29.6 Å². The molecule has 1 aliphatic heterocycles. The molecule has 1 aliphatic rings. The number of nitrogens with zero attached hydrogens (tertiary/aromatic N) is 6. The SMILES string of the molecule is Nc1ncnc2c1c(-c1ccc(C(=O)Nc3cc(C(F)(F)F)ccn3)cc1)nn2C1CCN(C(=O)O)C1. The minimum Gasteiger partial charge on any atom is -0.465 e. The standard InChI is InChI=1S/C23H19F3N8O3/c24-23(25,26)14-5-7-28-16(9-14)31-21(35)13-3-1-12(2-4-13)18-17-19(27)29-11-30-20(17)34(32-18)15-6-8-33(10-15)22(36)37/h1-5,7,9,11,15H,6,8,10H2,(H,36,37)(H2,27,29,30)(H,28,31,35). The Labute approximate surface area is 206 Å². The molecule has 1 fully saturated rings. The summed E-state index contributed by atoms with van der Waals surface area (Å²) in [6, 6.07) is 7.54. The summed E-state index contributed by atoms with van der Waals surface area (Å²) in [5, 5.41) is 16.8. The van der Waals surface area contributed by atoms with E-state index in [1.807, 2.05) is 0 Å². The molecule has 3 aromatic heterocycles. The predicted molar refractivity (Wildman–Crippen MR) is 126 cm³/mol. The van der Waals surface area contributed by atoms with Crippen molar-refractivity contribution in [3.8, 4) is 11.3 Å². The lowest BCUT2D eigenvalue weighted by Crippen LogP contribution is -2.27. The van der Waals surface area contributed by atoms with E-state index in [1.165, 1.54) is 23.4 Å². The van der Waals surface area contributed by atoms with Crippen LogP contribution >= 0.6 is 0 Å². The summed E-state index contributed by atoms with van der Waals surface area (Å²) < 4.78 is 40.4. The predicted octanol–water partition coefficient (Wildman–Crippen LogP) is 3.67. The normalized spacial score (nSPS) is 15.8. The van der Waals surface area contributed by atoms with Gasteiger partial charge in [0.2, 0.25) is 0 Å². The number of amides is 2. The van der Waals surface area contributed by atoms with Gasteiger partial charge in [-0.05, 0) is 30.7 Å². The topological polar surface area (TPSA) is 152 Å². The number of benzene rings is 1. The number of pyridine rings is 1. The summed E-state index contributed by atoms with van der Waals surface area (Å²) in [4.78, 5) is 37.4. The first-order valence-corrected chi connectivity index (χ1v) is 11.0. The Morgan fingerprint density at radius 1 is 1.11 bits per heavy atom. The second-order valence-corrected chi connectivity index (χ2v) is 8.38. The number of carbonyl (C=O) groups is 2. The van der Waals surface area contributed by atoms with Crippen LogP contribution in [0.4, 0.5) is 29.6 Å². The molecule has 0 saturated carbocycles. The van der Waals surface area contributed by atoms with Crippen LogP contribution in [0.1, 0.15) is 28.4 Å². The Kier molecular flexibility index (Phi) is 5.85. The lowest BCUT2D eigenvalue weighted by molar-refractivity contribution is -0.137.